The second kappa shape index (κ2) is 4.89. The first-order chi connectivity index (χ1) is 9.16. The summed E-state index contributed by atoms with van der Waals surface area (Å²) in [6.45, 7) is 0. The van der Waals surface area contributed by atoms with Crippen LogP contribution in [0.15, 0.2) is 36.5 Å². The van der Waals surface area contributed by atoms with E-state index in [0.29, 0.717) is 19.3 Å². The van der Waals surface area contributed by atoms with Crippen LogP contribution in [0.1, 0.15) is 31.2 Å². The van der Waals surface area contributed by atoms with Gasteiger partial charge in [-0.2, -0.15) is 0 Å². The van der Waals surface area contributed by atoms with E-state index in [9.17, 15) is 4.39 Å². The lowest BCUT2D eigenvalue weighted by Crippen LogP contribution is -2.37. The molecule has 1 saturated carbocycles. The van der Waals surface area contributed by atoms with Crippen LogP contribution >= 0.6 is 0 Å². The Balaban J connectivity index is 1.89. The lowest BCUT2D eigenvalue weighted by molar-refractivity contribution is 0.0998. The fourth-order valence-electron chi connectivity index (χ4n) is 2.98. The van der Waals surface area contributed by atoms with Gasteiger partial charge in [0.15, 0.2) is 0 Å². The van der Waals surface area contributed by atoms with Crippen molar-refractivity contribution in [1.82, 2.24) is 4.98 Å². The second-order valence-electron chi connectivity index (χ2n) is 5.65. The predicted molar refractivity (Wildman–Crippen MR) is 75.7 cm³/mol. The number of hydrogen-bond donors (Lipinski definition) is 1. The van der Waals surface area contributed by atoms with Crippen LogP contribution < -0.4 is 5.73 Å². The van der Waals surface area contributed by atoms with Gasteiger partial charge in [0.05, 0.1) is 5.52 Å². The highest BCUT2D eigenvalue weighted by Crippen LogP contribution is 2.35. The summed E-state index contributed by atoms with van der Waals surface area (Å²) in [5, 5.41) is 1.07. The molecule has 2 aromatic rings. The number of aromatic nitrogens is 1. The number of fused-ring (bicyclic) bond motifs is 1. The minimum Gasteiger partial charge on any atom is -0.328 e. The van der Waals surface area contributed by atoms with Crippen LogP contribution in [0.5, 0.6) is 0 Å². The van der Waals surface area contributed by atoms with Gasteiger partial charge in [-0.1, -0.05) is 18.2 Å². The molecule has 1 aromatic heterocycles. The Hall–Kier alpha value is -1.48. The molecule has 0 unspecified atom stereocenters. The van der Waals surface area contributed by atoms with Gasteiger partial charge in [-0.3, -0.25) is 4.98 Å². The molecular formula is C16H19FN2. The number of alkyl halides is 1. The van der Waals surface area contributed by atoms with E-state index >= 15 is 0 Å². The Morgan fingerprint density at radius 2 is 1.95 bits per heavy atom. The minimum absolute atomic E-state index is 0.179. The number of para-hydroxylation sites is 1. The van der Waals surface area contributed by atoms with Crippen LogP contribution in [0.3, 0.4) is 0 Å². The molecule has 0 atom stereocenters. The number of rotatable bonds is 2. The summed E-state index contributed by atoms with van der Waals surface area (Å²) in [5.41, 5.74) is 6.77. The lowest BCUT2D eigenvalue weighted by atomic mass is 9.80. The van der Waals surface area contributed by atoms with Gasteiger partial charge < -0.3 is 5.73 Å². The van der Waals surface area contributed by atoms with Crippen LogP contribution in [-0.4, -0.2) is 16.7 Å². The van der Waals surface area contributed by atoms with Crippen molar-refractivity contribution in [2.45, 2.75) is 43.8 Å². The number of hydrogen-bond acceptors (Lipinski definition) is 2. The van der Waals surface area contributed by atoms with Crippen LogP contribution in [-0.2, 0) is 6.42 Å². The average molecular weight is 258 g/mol. The molecule has 1 aromatic carbocycles. The molecule has 1 aliphatic rings. The molecule has 0 spiro atoms. The van der Waals surface area contributed by atoms with Crippen molar-refractivity contribution in [2.75, 3.05) is 0 Å². The van der Waals surface area contributed by atoms with Crippen LogP contribution in [0, 0.1) is 0 Å². The van der Waals surface area contributed by atoms with Gasteiger partial charge >= 0.3 is 0 Å². The average Bonchev–Trinajstić information content (AvgIpc) is 2.43. The van der Waals surface area contributed by atoms with E-state index in [1.54, 1.807) is 6.20 Å². The highest BCUT2D eigenvalue weighted by Gasteiger charge is 2.34. The molecule has 2 N–H and O–H groups in total. The number of nitrogens with two attached hydrogens (primary N) is 1. The Bertz CT molecular complexity index is 568. The van der Waals surface area contributed by atoms with Gasteiger partial charge in [-0.25, -0.2) is 4.39 Å². The zero-order chi connectivity index (χ0) is 13.3. The van der Waals surface area contributed by atoms with E-state index in [4.69, 9.17) is 5.73 Å². The Labute approximate surface area is 112 Å². The monoisotopic (exact) mass is 258 g/mol. The van der Waals surface area contributed by atoms with Gasteiger partial charge in [0.1, 0.15) is 5.67 Å². The molecule has 3 heteroatoms. The highest BCUT2D eigenvalue weighted by molar-refractivity contribution is 5.81. The zero-order valence-corrected chi connectivity index (χ0v) is 11.0. The van der Waals surface area contributed by atoms with Crippen molar-refractivity contribution in [3.63, 3.8) is 0 Å². The largest absolute Gasteiger partial charge is 0.328 e. The van der Waals surface area contributed by atoms with Crippen LogP contribution in [0.25, 0.3) is 10.9 Å². The SMILES string of the molecule is NC1CCC(F)(Cc2ccnc3ccccc23)CC1. The first-order valence-corrected chi connectivity index (χ1v) is 6.93. The third kappa shape index (κ3) is 2.61. The molecule has 19 heavy (non-hydrogen) atoms. The summed E-state index contributed by atoms with van der Waals surface area (Å²) in [7, 11) is 0. The van der Waals surface area contributed by atoms with Gasteiger partial charge in [0.2, 0.25) is 0 Å². The fourth-order valence-corrected chi connectivity index (χ4v) is 2.98. The summed E-state index contributed by atoms with van der Waals surface area (Å²) < 4.78 is 14.9. The van der Waals surface area contributed by atoms with Crippen LogP contribution in [0.4, 0.5) is 4.39 Å². The van der Waals surface area contributed by atoms with Crippen LogP contribution in [0.2, 0.25) is 0 Å². The normalized spacial score (nSPS) is 27.6. The third-order valence-electron chi connectivity index (χ3n) is 4.17. The van der Waals surface area contributed by atoms with E-state index in [1.807, 2.05) is 30.3 Å². The molecule has 1 aliphatic carbocycles. The molecule has 2 nitrogen and oxygen atoms in total. The molecule has 0 amide bonds. The fraction of sp³-hybridized carbons (Fsp3) is 0.438. The van der Waals surface area contributed by atoms with Gasteiger partial charge in [0.25, 0.3) is 0 Å². The molecule has 0 aliphatic heterocycles. The molecule has 100 valence electrons. The standard InChI is InChI=1S/C16H19FN2/c17-16(8-5-13(18)6-9-16)11-12-7-10-19-15-4-2-1-3-14(12)15/h1-4,7,10,13H,5-6,8-9,11,18H2. The number of halogens is 1. The maximum absolute atomic E-state index is 14.9. The molecule has 3 rings (SSSR count). The van der Waals surface area contributed by atoms with Gasteiger partial charge in [-0.05, 0) is 43.4 Å². The van der Waals surface area contributed by atoms with Crippen molar-refractivity contribution < 1.29 is 4.39 Å². The summed E-state index contributed by atoms with van der Waals surface area (Å²) in [6.07, 6.45) is 4.98. The number of benzene rings is 1. The van der Waals surface area contributed by atoms with Gasteiger partial charge in [-0.15, -0.1) is 0 Å². The van der Waals surface area contributed by atoms with E-state index in [1.165, 1.54) is 0 Å². The van der Waals surface area contributed by atoms with E-state index in [-0.39, 0.29) is 6.04 Å². The molecule has 1 heterocycles. The van der Waals surface area contributed by atoms with E-state index < -0.39 is 5.67 Å². The van der Waals surface area contributed by atoms with E-state index in [0.717, 1.165) is 29.3 Å². The summed E-state index contributed by atoms with van der Waals surface area (Å²) in [4.78, 5) is 4.33. The molecule has 0 radical (unpaired) electrons. The smallest absolute Gasteiger partial charge is 0.115 e. The van der Waals surface area contributed by atoms with Crippen molar-refractivity contribution in [1.29, 1.82) is 0 Å². The molecule has 1 fully saturated rings. The summed E-state index contributed by atoms with van der Waals surface area (Å²) >= 11 is 0. The Kier molecular flexibility index (Phi) is 3.23. The predicted octanol–water partition coefficient (Wildman–Crippen LogP) is 3.39. The minimum atomic E-state index is -1.10. The summed E-state index contributed by atoms with van der Waals surface area (Å²) in [6, 6.07) is 10.1. The molecule has 0 bridgehead atoms. The van der Waals surface area contributed by atoms with Crippen molar-refractivity contribution in [2.24, 2.45) is 5.73 Å². The Morgan fingerprint density at radius 3 is 2.74 bits per heavy atom. The second-order valence-corrected chi connectivity index (χ2v) is 5.65. The maximum atomic E-state index is 14.9. The molecular weight excluding hydrogens is 239 g/mol. The van der Waals surface area contributed by atoms with Gasteiger partial charge in [0, 0.05) is 24.0 Å². The molecule has 0 saturated heterocycles. The lowest BCUT2D eigenvalue weighted by Gasteiger charge is -2.32. The zero-order valence-electron chi connectivity index (χ0n) is 11.0. The topological polar surface area (TPSA) is 38.9 Å². The number of pyridine rings is 1. The Morgan fingerprint density at radius 1 is 1.21 bits per heavy atom. The van der Waals surface area contributed by atoms with Crippen molar-refractivity contribution in [3.8, 4) is 0 Å². The van der Waals surface area contributed by atoms with Crippen molar-refractivity contribution in [3.05, 3.63) is 42.1 Å². The first kappa shape index (κ1) is 12.5. The van der Waals surface area contributed by atoms with E-state index in [2.05, 4.69) is 4.98 Å². The third-order valence-corrected chi connectivity index (χ3v) is 4.17. The van der Waals surface area contributed by atoms with Crippen molar-refractivity contribution >= 4 is 10.9 Å². The first-order valence-electron chi connectivity index (χ1n) is 6.93. The number of nitrogens with zero attached hydrogens (tertiary/aromatic N) is 1. The maximum Gasteiger partial charge on any atom is 0.115 e. The highest BCUT2D eigenvalue weighted by atomic mass is 19.1. The summed E-state index contributed by atoms with van der Waals surface area (Å²) in [5.74, 6) is 0. The quantitative estimate of drug-likeness (QED) is 0.896.